The van der Waals surface area contributed by atoms with Crippen LogP contribution in [0.5, 0.6) is 0 Å². The van der Waals surface area contributed by atoms with Crippen molar-refractivity contribution in [1.82, 2.24) is 9.80 Å². The lowest BCUT2D eigenvalue weighted by molar-refractivity contribution is -0.130. The highest BCUT2D eigenvalue weighted by atomic mass is 32.1. The van der Waals surface area contributed by atoms with Crippen LogP contribution in [0, 0.1) is 0 Å². The number of carbonyl (C=O) groups is 1. The molecule has 2 saturated heterocycles. The normalized spacial score (nSPS) is 22.2. The van der Waals surface area contributed by atoms with Crippen molar-refractivity contribution in [1.29, 1.82) is 0 Å². The minimum atomic E-state index is 0.365. The van der Waals surface area contributed by atoms with Crippen LogP contribution in [0.1, 0.15) is 30.6 Å². The van der Waals surface area contributed by atoms with Gasteiger partial charge in [-0.15, -0.1) is 11.3 Å². The number of hydrogen-bond acceptors (Lipinski definition) is 3. The fraction of sp³-hybridized carbons (Fsp3) is 0.450. The Labute approximate surface area is 147 Å². The molecule has 0 N–H and O–H groups in total. The third kappa shape index (κ3) is 3.40. The van der Waals surface area contributed by atoms with Crippen molar-refractivity contribution in [3.05, 3.63) is 47.3 Å². The van der Waals surface area contributed by atoms with Crippen molar-refractivity contribution in [3.63, 3.8) is 0 Å². The van der Waals surface area contributed by atoms with E-state index >= 15 is 0 Å². The summed E-state index contributed by atoms with van der Waals surface area (Å²) >= 11 is 1.89. The lowest BCUT2D eigenvalue weighted by atomic mass is 10.0. The Bertz CT molecular complexity index is 697. The molecule has 0 radical (unpaired) electrons. The molecule has 1 aromatic heterocycles. The molecule has 1 aromatic carbocycles. The maximum atomic E-state index is 12.0. The van der Waals surface area contributed by atoms with Gasteiger partial charge < -0.3 is 4.90 Å². The van der Waals surface area contributed by atoms with Crippen LogP contribution in [0.3, 0.4) is 0 Å². The van der Waals surface area contributed by atoms with Gasteiger partial charge in [-0.3, -0.25) is 9.69 Å². The highest BCUT2D eigenvalue weighted by molar-refractivity contribution is 7.15. The summed E-state index contributed by atoms with van der Waals surface area (Å²) in [5.41, 5.74) is 1.30. The van der Waals surface area contributed by atoms with E-state index in [2.05, 4.69) is 52.3 Å². The standard InChI is InChI=1S/C20H24N2OS/c23-20-9-5-13-22(20)17-8-4-12-21(14-17)15-18-10-11-19(24-18)16-6-2-1-3-7-16/h1-3,6-7,10-11,17H,4-5,8-9,12-15H2/t17-/m1/s1. The van der Waals surface area contributed by atoms with Gasteiger partial charge in [-0.2, -0.15) is 0 Å². The van der Waals surface area contributed by atoms with Crippen molar-refractivity contribution in [2.75, 3.05) is 19.6 Å². The van der Waals surface area contributed by atoms with Crippen LogP contribution >= 0.6 is 11.3 Å². The van der Waals surface area contributed by atoms with Crippen LogP contribution in [0.4, 0.5) is 0 Å². The number of benzene rings is 1. The van der Waals surface area contributed by atoms with E-state index in [0.29, 0.717) is 11.9 Å². The van der Waals surface area contributed by atoms with E-state index in [1.807, 2.05) is 11.3 Å². The van der Waals surface area contributed by atoms with Crippen LogP contribution in [0.2, 0.25) is 0 Å². The fourth-order valence-electron chi connectivity index (χ4n) is 3.93. The van der Waals surface area contributed by atoms with E-state index in [1.165, 1.54) is 28.2 Å². The van der Waals surface area contributed by atoms with Gasteiger partial charge in [0.05, 0.1) is 0 Å². The quantitative estimate of drug-likeness (QED) is 0.840. The second kappa shape index (κ2) is 7.08. The maximum absolute atomic E-state index is 12.0. The predicted molar refractivity (Wildman–Crippen MR) is 99.0 cm³/mol. The van der Waals surface area contributed by atoms with Crippen molar-refractivity contribution in [2.45, 2.75) is 38.3 Å². The van der Waals surface area contributed by atoms with Crippen molar-refractivity contribution in [3.8, 4) is 10.4 Å². The van der Waals surface area contributed by atoms with Gasteiger partial charge in [0.15, 0.2) is 0 Å². The summed E-state index contributed by atoms with van der Waals surface area (Å²) in [5, 5.41) is 0. The molecular formula is C20H24N2OS. The first-order valence-electron chi connectivity index (χ1n) is 8.95. The molecule has 2 fully saturated rings. The Morgan fingerprint density at radius 2 is 1.92 bits per heavy atom. The Morgan fingerprint density at radius 1 is 1.04 bits per heavy atom. The maximum Gasteiger partial charge on any atom is 0.222 e. The molecule has 126 valence electrons. The third-order valence-corrected chi connectivity index (χ3v) is 6.25. The molecule has 2 aliphatic rings. The number of amides is 1. The first kappa shape index (κ1) is 15.9. The number of carbonyl (C=O) groups excluding carboxylic acids is 1. The van der Waals surface area contributed by atoms with Gasteiger partial charge in [0.25, 0.3) is 0 Å². The molecule has 3 heterocycles. The molecule has 0 spiro atoms. The Morgan fingerprint density at radius 3 is 2.71 bits per heavy atom. The van der Waals surface area contributed by atoms with Crippen LogP contribution in [0.15, 0.2) is 42.5 Å². The Balaban J connectivity index is 1.40. The fourth-order valence-corrected chi connectivity index (χ4v) is 4.98. The summed E-state index contributed by atoms with van der Waals surface area (Å²) in [6, 6.07) is 15.5. The second-order valence-electron chi connectivity index (χ2n) is 6.85. The first-order chi connectivity index (χ1) is 11.8. The number of piperidine rings is 1. The molecule has 0 saturated carbocycles. The third-order valence-electron chi connectivity index (χ3n) is 5.13. The minimum Gasteiger partial charge on any atom is -0.338 e. The SMILES string of the molecule is O=C1CCCN1[C@@H]1CCCN(Cc2ccc(-c3ccccc3)s2)C1. The Kier molecular flexibility index (Phi) is 4.67. The smallest absolute Gasteiger partial charge is 0.222 e. The van der Waals surface area contributed by atoms with Crippen molar-refractivity contribution < 1.29 is 4.79 Å². The molecule has 1 atom stereocenters. The zero-order valence-corrected chi connectivity index (χ0v) is 14.8. The second-order valence-corrected chi connectivity index (χ2v) is 8.02. The number of rotatable bonds is 4. The van der Waals surface area contributed by atoms with Gasteiger partial charge in [0.2, 0.25) is 5.91 Å². The summed E-state index contributed by atoms with van der Waals surface area (Å²) in [5.74, 6) is 0.365. The molecule has 0 aliphatic carbocycles. The van der Waals surface area contributed by atoms with E-state index in [4.69, 9.17) is 0 Å². The highest BCUT2D eigenvalue weighted by Crippen LogP contribution is 2.30. The van der Waals surface area contributed by atoms with E-state index in [0.717, 1.165) is 39.0 Å². The monoisotopic (exact) mass is 340 g/mol. The van der Waals surface area contributed by atoms with Crippen LogP contribution in [-0.2, 0) is 11.3 Å². The minimum absolute atomic E-state index is 0.365. The average molecular weight is 340 g/mol. The van der Waals surface area contributed by atoms with Gasteiger partial charge in [-0.25, -0.2) is 0 Å². The van der Waals surface area contributed by atoms with Crippen molar-refractivity contribution in [2.24, 2.45) is 0 Å². The zero-order chi connectivity index (χ0) is 16.4. The molecule has 2 aromatic rings. The zero-order valence-electron chi connectivity index (χ0n) is 14.0. The lowest BCUT2D eigenvalue weighted by Crippen LogP contribution is -2.47. The van der Waals surface area contributed by atoms with Gasteiger partial charge in [0, 0.05) is 41.9 Å². The van der Waals surface area contributed by atoms with E-state index in [9.17, 15) is 4.79 Å². The largest absolute Gasteiger partial charge is 0.338 e. The molecule has 1 amide bonds. The summed E-state index contributed by atoms with van der Waals surface area (Å²) in [7, 11) is 0. The highest BCUT2D eigenvalue weighted by Gasteiger charge is 2.31. The number of nitrogens with zero attached hydrogens (tertiary/aromatic N) is 2. The van der Waals surface area contributed by atoms with E-state index in [-0.39, 0.29) is 0 Å². The lowest BCUT2D eigenvalue weighted by Gasteiger charge is -2.37. The van der Waals surface area contributed by atoms with Crippen LogP contribution < -0.4 is 0 Å². The van der Waals surface area contributed by atoms with Crippen LogP contribution in [0.25, 0.3) is 10.4 Å². The molecule has 4 heteroatoms. The van der Waals surface area contributed by atoms with Gasteiger partial charge >= 0.3 is 0 Å². The van der Waals surface area contributed by atoms with Gasteiger partial charge in [-0.1, -0.05) is 30.3 Å². The molecule has 24 heavy (non-hydrogen) atoms. The summed E-state index contributed by atoms with van der Waals surface area (Å²) in [4.78, 5) is 19.4. The van der Waals surface area contributed by atoms with E-state index < -0.39 is 0 Å². The topological polar surface area (TPSA) is 23.6 Å². The number of thiophene rings is 1. The van der Waals surface area contributed by atoms with Gasteiger partial charge in [0.1, 0.15) is 0 Å². The number of hydrogen-bond donors (Lipinski definition) is 0. The number of likely N-dealkylation sites (tertiary alicyclic amines) is 2. The molecule has 2 aliphatic heterocycles. The van der Waals surface area contributed by atoms with Gasteiger partial charge in [-0.05, 0) is 43.5 Å². The molecular weight excluding hydrogens is 316 g/mol. The Hall–Kier alpha value is -1.65. The molecule has 3 nitrogen and oxygen atoms in total. The summed E-state index contributed by atoms with van der Waals surface area (Å²) in [6.07, 6.45) is 4.16. The van der Waals surface area contributed by atoms with Crippen molar-refractivity contribution >= 4 is 17.2 Å². The predicted octanol–water partition coefficient (Wildman–Crippen LogP) is 4.00. The summed E-state index contributed by atoms with van der Waals surface area (Å²) < 4.78 is 0. The van der Waals surface area contributed by atoms with Crippen LogP contribution in [-0.4, -0.2) is 41.4 Å². The molecule has 0 bridgehead atoms. The first-order valence-corrected chi connectivity index (χ1v) is 9.77. The molecule has 4 rings (SSSR count). The molecule has 0 unspecified atom stereocenters. The van der Waals surface area contributed by atoms with E-state index in [1.54, 1.807) is 0 Å². The summed E-state index contributed by atoms with van der Waals surface area (Å²) in [6.45, 7) is 4.16. The average Bonchev–Trinajstić information content (AvgIpc) is 3.25.